The first-order chi connectivity index (χ1) is 13.4. The number of hydrogen-bond acceptors (Lipinski definition) is 2. The highest BCUT2D eigenvalue weighted by Gasteiger charge is 2.29. The van der Waals surface area contributed by atoms with E-state index in [0.717, 1.165) is 17.5 Å². The molecule has 0 aliphatic heterocycles. The Balaban J connectivity index is 2.24. The highest BCUT2D eigenvalue weighted by Crippen LogP contribution is 2.16. The fraction of sp³-hybridized carbons (Fsp3) is 0.391. The first-order valence-corrected chi connectivity index (χ1v) is 10.2. The number of nitrogens with one attached hydrogen (secondary N) is 1. The third kappa shape index (κ3) is 6.38. The van der Waals surface area contributed by atoms with Gasteiger partial charge in [-0.05, 0) is 43.0 Å². The topological polar surface area (TPSA) is 49.4 Å². The largest absolute Gasteiger partial charge is 0.352 e. The van der Waals surface area contributed by atoms with E-state index in [1.807, 2.05) is 63.2 Å². The van der Waals surface area contributed by atoms with Gasteiger partial charge in [-0.3, -0.25) is 9.59 Å². The van der Waals surface area contributed by atoms with Crippen LogP contribution in [0.1, 0.15) is 44.7 Å². The van der Waals surface area contributed by atoms with Crippen LogP contribution in [0.4, 0.5) is 0 Å². The van der Waals surface area contributed by atoms with Crippen molar-refractivity contribution in [2.75, 3.05) is 0 Å². The van der Waals surface area contributed by atoms with Crippen molar-refractivity contribution < 1.29 is 9.59 Å². The molecule has 0 aliphatic carbocycles. The number of halogens is 1. The average molecular weight is 401 g/mol. The fourth-order valence-electron chi connectivity index (χ4n) is 3.02. The quantitative estimate of drug-likeness (QED) is 0.668. The van der Waals surface area contributed by atoms with E-state index in [2.05, 4.69) is 5.32 Å². The maximum absolute atomic E-state index is 13.2. The second kappa shape index (κ2) is 10.9. The molecule has 2 atom stereocenters. The molecule has 0 aromatic heterocycles. The molecule has 0 saturated heterocycles. The van der Waals surface area contributed by atoms with E-state index < -0.39 is 6.04 Å². The van der Waals surface area contributed by atoms with Gasteiger partial charge in [0.05, 0.1) is 6.42 Å². The summed E-state index contributed by atoms with van der Waals surface area (Å²) in [5.41, 5.74) is 1.88. The number of carbonyl (C=O) groups excluding carboxylic acids is 2. The minimum atomic E-state index is -0.506. The monoisotopic (exact) mass is 400 g/mol. The van der Waals surface area contributed by atoms with Crippen molar-refractivity contribution in [1.29, 1.82) is 0 Å². The van der Waals surface area contributed by atoms with Crippen molar-refractivity contribution in [2.45, 2.75) is 58.7 Å². The van der Waals surface area contributed by atoms with Crippen LogP contribution in [-0.2, 0) is 22.6 Å². The van der Waals surface area contributed by atoms with Gasteiger partial charge in [0.1, 0.15) is 6.04 Å². The van der Waals surface area contributed by atoms with Gasteiger partial charge >= 0.3 is 0 Å². The van der Waals surface area contributed by atoms with E-state index in [-0.39, 0.29) is 24.3 Å². The Morgan fingerprint density at radius 1 is 0.964 bits per heavy atom. The van der Waals surface area contributed by atoms with Gasteiger partial charge in [0, 0.05) is 17.6 Å². The molecule has 4 nitrogen and oxygen atoms in total. The summed E-state index contributed by atoms with van der Waals surface area (Å²) in [6.45, 7) is 6.34. The number of rotatable bonds is 9. The van der Waals surface area contributed by atoms with Gasteiger partial charge in [-0.15, -0.1) is 0 Å². The Kier molecular flexibility index (Phi) is 8.52. The van der Waals surface area contributed by atoms with Crippen molar-refractivity contribution in [1.82, 2.24) is 10.2 Å². The zero-order chi connectivity index (χ0) is 20.5. The molecular weight excluding hydrogens is 372 g/mol. The molecule has 2 aromatic rings. The molecular formula is C23H29ClN2O2. The van der Waals surface area contributed by atoms with Crippen LogP contribution in [0.2, 0.25) is 5.02 Å². The summed E-state index contributed by atoms with van der Waals surface area (Å²) >= 11 is 5.95. The van der Waals surface area contributed by atoms with Gasteiger partial charge in [-0.1, -0.05) is 67.9 Å². The SMILES string of the molecule is CCC(C)NC(=O)C(CC)N(Cc1ccccc1)C(=O)Cc1ccc(Cl)cc1. The van der Waals surface area contributed by atoms with E-state index in [9.17, 15) is 9.59 Å². The predicted octanol–water partition coefficient (Wildman–Crippen LogP) is 4.60. The zero-order valence-corrected chi connectivity index (χ0v) is 17.6. The first kappa shape index (κ1) is 22.0. The lowest BCUT2D eigenvalue weighted by atomic mass is 10.1. The minimum absolute atomic E-state index is 0.0719. The van der Waals surface area contributed by atoms with Crippen LogP contribution in [-0.4, -0.2) is 28.8 Å². The molecule has 0 radical (unpaired) electrons. The summed E-state index contributed by atoms with van der Waals surface area (Å²) in [6.07, 6.45) is 1.64. The molecule has 1 N–H and O–H groups in total. The number of amides is 2. The third-order valence-electron chi connectivity index (χ3n) is 4.85. The normalized spacial score (nSPS) is 12.9. The van der Waals surface area contributed by atoms with E-state index in [0.29, 0.717) is 18.0 Å². The molecule has 0 heterocycles. The number of carbonyl (C=O) groups is 2. The summed E-state index contributed by atoms with van der Waals surface area (Å²) < 4.78 is 0. The Morgan fingerprint density at radius 3 is 2.18 bits per heavy atom. The zero-order valence-electron chi connectivity index (χ0n) is 16.8. The lowest BCUT2D eigenvalue weighted by Crippen LogP contribution is -2.51. The Labute approximate surface area is 172 Å². The summed E-state index contributed by atoms with van der Waals surface area (Å²) in [4.78, 5) is 27.7. The fourth-order valence-corrected chi connectivity index (χ4v) is 3.15. The van der Waals surface area contributed by atoms with Crippen molar-refractivity contribution in [2.24, 2.45) is 0 Å². The van der Waals surface area contributed by atoms with E-state index in [1.54, 1.807) is 17.0 Å². The Morgan fingerprint density at radius 2 is 1.61 bits per heavy atom. The van der Waals surface area contributed by atoms with Gasteiger partial charge in [0.25, 0.3) is 0 Å². The minimum Gasteiger partial charge on any atom is -0.352 e. The van der Waals surface area contributed by atoms with E-state index >= 15 is 0 Å². The lowest BCUT2D eigenvalue weighted by molar-refractivity contribution is -0.141. The maximum atomic E-state index is 13.2. The molecule has 2 unspecified atom stereocenters. The molecule has 0 saturated carbocycles. The van der Waals surface area contributed by atoms with Crippen molar-refractivity contribution >= 4 is 23.4 Å². The van der Waals surface area contributed by atoms with Crippen LogP contribution in [0.25, 0.3) is 0 Å². The molecule has 0 fully saturated rings. The average Bonchev–Trinajstić information content (AvgIpc) is 2.70. The van der Waals surface area contributed by atoms with Crippen LogP contribution in [0, 0.1) is 0 Å². The number of hydrogen-bond donors (Lipinski definition) is 1. The predicted molar refractivity (Wildman–Crippen MR) is 114 cm³/mol. The summed E-state index contributed by atoms with van der Waals surface area (Å²) in [5, 5.41) is 3.66. The van der Waals surface area contributed by atoms with Gasteiger partial charge in [-0.2, -0.15) is 0 Å². The summed E-state index contributed by atoms with van der Waals surface area (Å²) in [7, 11) is 0. The highest BCUT2D eigenvalue weighted by molar-refractivity contribution is 6.30. The van der Waals surface area contributed by atoms with Gasteiger partial charge < -0.3 is 10.2 Å². The van der Waals surface area contributed by atoms with Crippen LogP contribution in [0.5, 0.6) is 0 Å². The molecule has 0 bridgehead atoms. The summed E-state index contributed by atoms with van der Waals surface area (Å²) in [5.74, 6) is -0.172. The van der Waals surface area contributed by atoms with E-state index in [4.69, 9.17) is 11.6 Å². The van der Waals surface area contributed by atoms with E-state index in [1.165, 1.54) is 0 Å². The van der Waals surface area contributed by atoms with Crippen molar-refractivity contribution in [3.8, 4) is 0 Å². The molecule has 5 heteroatoms. The molecule has 2 aromatic carbocycles. The molecule has 2 amide bonds. The van der Waals surface area contributed by atoms with Crippen LogP contribution >= 0.6 is 11.6 Å². The summed E-state index contributed by atoms with van der Waals surface area (Å²) in [6, 6.07) is 16.6. The van der Waals surface area contributed by atoms with Crippen molar-refractivity contribution in [3.05, 3.63) is 70.7 Å². The van der Waals surface area contributed by atoms with Gasteiger partial charge in [0.15, 0.2) is 0 Å². The molecule has 28 heavy (non-hydrogen) atoms. The van der Waals surface area contributed by atoms with Gasteiger partial charge in [0.2, 0.25) is 11.8 Å². The first-order valence-electron chi connectivity index (χ1n) is 9.82. The third-order valence-corrected chi connectivity index (χ3v) is 5.10. The second-order valence-corrected chi connectivity index (χ2v) is 7.49. The van der Waals surface area contributed by atoms with Crippen LogP contribution in [0.3, 0.4) is 0 Å². The molecule has 0 aliphatic rings. The maximum Gasteiger partial charge on any atom is 0.243 e. The second-order valence-electron chi connectivity index (χ2n) is 7.05. The smallest absolute Gasteiger partial charge is 0.243 e. The molecule has 150 valence electrons. The number of benzene rings is 2. The van der Waals surface area contributed by atoms with Crippen LogP contribution < -0.4 is 5.32 Å². The standard InChI is InChI=1S/C23H29ClN2O2/c1-4-17(3)25-23(28)21(5-2)26(16-19-9-7-6-8-10-19)22(27)15-18-11-13-20(24)14-12-18/h6-14,17,21H,4-5,15-16H2,1-3H3,(H,25,28). The number of nitrogens with zero attached hydrogens (tertiary/aromatic N) is 1. The molecule has 2 rings (SSSR count). The van der Waals surface area contributed by atoms with Crippen molar-refractivity contribution in [3.63, 3.8) is 0 Å². The Hall–Kier alpha value is -2.33. The highest BCUT2D eigenvalue weighted by atomic mass is 35.5. The van der Waals surface area contributed by atoms with Crippen LogP contribution in [0.15, 0.2) is 54.6 Å². The lowest BCUT2D eigenvalue weighted by Gasteiger charge is -2.31. The molecule has 0 spiro atoms. The Bertz CT molecular complexity index is 762. The van der Waals surface area contributed by atoms with Gasteiger partial charge in [-0.25, -0.2) is 0 Å².